The van der Waals surface area contributed by atoms with Crippen molar-refractivity contribution in [2.24, 2.45) is 0 Å². The first-order valence-corrected chi connectivity index (χ1v) is 5.74. The summed E-state index contributed by atoms with van der Waals surface area (Å²) in [6, 6.07) is 1.49. The zero-order chi connectivity index (χ0) is 13.4. The Bertz CT molecular complexity index is 403. The van der Waals surface area contributed by atoms with E-state index < -0.39 is 5.97 Å². The maximum absolute atomic E-state index is 11.6. The first-order chi connectivity index (χ1) is 8.63. The Morgan fingerprint density at radius 3 is 3.00 bits per heavy atom. The third kappa shape index (κ3) is 4.96. The average Bonchev–Trinajstić information content (AvgIpc) is 2.76. The monoisotopic (exact) mass is 255 g/mol. The van der Waals surface area contributed by atoms with E-state index in [0.29, 0.717) is 19.8 Å². The third-order valence-electron chi connectivity index (χ3n) is 2.13. The van der Waals surface area contributed by atoms with Gasteiger partial charge in [-0.25, -0.2) is 0 Å². The van der Waals surface area contributed by atoms with Crippen molar-refractivity contribution in [3.63, 3.8) is 0 Å². The normalized spacial score (nSPS) is 10.3. The number of hydrogen-bond donors (Lipinski definition) is 2. The molecule has 0 atom stereocenters. The van der Waals surface area contributed by atoms with Gasteiger partial charge in [-0.2, -0.15) is 5.10 Å². The van der Waals surface area contributed by atoms with E-state index in [9.17, 15) is 9.59 Å². The van der Waals surface area contributed by atoms with E-state index in [4.69, 9.17) is 9.84 Å². The number of nitrogens with one attached hydrogen (secondary N) is 1. The molecule has 1 heterocycles. The van der Waals surface area contributed by atoms with Crippen molar-refractivity contribution in [3.05, 3.63) is 18.0 Å². The molecule has 0 aliphatic heterocycles. The average molecular weight is 255 g/mol. The summed E-state index contributed by atoms with van der Waals surface area (Å²) in [5.41, 5.74) is 0.215. The van der Waals surface area contributed by atoms with Crippen molar-refractivity contribution < 1.29 is 19.4 Å². The van der Waals surface area contributed by atoms with Gasteiger partial charge < -0.3 is 15.2 Å². The number of rotatable bonds is 8. The summed E-state index contributed by atoms with van der Waals surface area (Å²) >= 11 is 0. The van der Waals surface area contributed by atoms with Crippen LogP contribution < -0.4 is 5.32 Å². The summed E-state index contributed by atoms with van der Waals surface area (Å²) in [5, 5.41) is 15.1. The molecule has 18 heavy (non-hydrogen) atoms. The van der Waals surface area contributed by atoms with Crippen LogP contribution >= 0.6 is 0 Å². The van der Waals surface area contributed by atoms with Gasteiger partial charge in [0.1, 0.15) is 12.2 Å². The maximum atomic E-state index is 11.6. The highest BCUT2D eigenvalue weighted by Crippen LogP contribution is 1.96. The largest absolute Gasteiger partial charge is 0.480 e. The third-order valence-corrected chi connectivity index (χ3v) is 2.13. The fourth-order valence-electron chi connectivity index (χ4n) is 1.32. The van der Waals surface area contributed by atoms with Crippen LogP contribution in [0.25, 0.3) is 0 Å². The molecule has 1 amide bonds. The number of aromatic nitrogens is 2. The molecule has 0 spiro atoms. The summed E-state index contributed by atoms with van der Waals surface area (Å²) < 4.78 is 6.34. The molecule has 0 aromatic carbocycles. The minimum absolute atomic E-state index is 0.215. The van der Waals surface area contributed by atoms with E-state index in [1.165, 1.54) is 16.9 Å². The van der Waals surface area contributed by atoms with E-state index in [0.717, 1.165) is 6.42 Å². The van der Waals surface area contributed by atoms with Crippen LogP contribution in [0.2, 0.25) is 0 Å². The van der Waals surface area contributed by atoms with Gasteiger partial charge in [0.15, 0.2) is 0 Å². The van der Waals surface area contributed by atoms with Gasteiger partial charge in [0.2, 0.25) is 0 Å². The van der Waals surface area contributed by atoms with Gasteiger partial charge in [-0.15, -0.1) is 0 Å². The number of nitrogens with zero attached hydrogens (tertiary/aromatic N) is 2. The van der Waals surface area contributed by atoms with Crippen molar-refractivity contribution in [1.29, 1.82) is 0 Å². The molecule has 1 aromatic rings. The van der Waals surface area contributed by atoms with Crippen molar-refractivity contribution in [1.82, 2.24) is 15.1 Å². The lowest BCUT2D eigenvalue weighted by Crippen LogP contribution is -2.26. The second-order valence-electron chi connectivity index (χ2n) is 3.60. The predicted molar refractivity (Wildman–Crippen MR) is 63.3 cm³/mol. The van der Waals surface area contributed by atoms with Gasteiger partial charge in [-0.05, 0) is 19.4 Å². The predicted octanol–water partition coefficient (Wildman–Crippen LogP) is 0.124. The molecule has 0 bridgehead atoms. The fraction of sp³-hybridized carbons (Fsp3) is 0.545. The van der Waals surface area contributed by atoms with Crippen LogP contribution in [0.1, 0.15) is 23.8 Å². The Labute approximate surface area is 105 Å². The van der Waals surface area contributed by atoms with Crippen LogP contribution in [-0.4, -0.2) is 46.5 Å². The first-order valence-electron chi connectivity index (χ1n) is 5.74. The minimum atomic E-state index is -0.998. The highest BCUT2D eigenvalue weighted by molar-refractivity contribution is 5.92. The summed E-state index contributed by atoms with van der Waals surface area (Å²) in [6.07, 6.45) is 2.19. The molecule has 0 radical (unpaired) electrons. The van der Waals surface area contributed by atoms with Crippen LogP contribution in [-0.2, 0) is 16.1 Å². The molecule has 0 saturated carbocycles. The molecule has 2 N–H and O–H groups in total. The molecule has 100 valence electrons. The van der Waals surface area contributed by atoms with Crippen molar-refractivity contribution >= 4 is 11.9 Å². The van der Waals surface area contributed by atoms with Crippen molar-refractivity contribution in [3.8, 4) is 0 Å². The number of hydrogen-bond acceptors (Lipinski definition) is 4. The summed E-state index contributed by atoms with van der Waals surface area (Å²) in [6.45, 7) is 3.42. The van der Waals surface area contributed by atoms with Gasteiger partial charge in [-0.1, -0.05) is 0 Å². The van der Waals surface area contributed by atoms with Crippen molar-refractivity contribution in [2.75, 3.05) is 19.8 Å². The molecular weight excluding hydrogens is 238 g/mol. The maximum Gasteiger partial charge on any atom is 0.325 e. The Morgan fingerprint density at radius 2 is 2.33 bits per heavy atom. The van der Waals surface area contributed by atoms with Gasteiger partial charge in [-0.3, -0.25) is 14.3 Å². The molecule has 7 heteroatoms. The van der Waals surface area contributed by atoms with Gasteiger partial charge in [0.25, 0.3) is 5.91 Å². The molecular formula is C11H17N3O4. The summed E-state index contributed by atoms with van der Waals surface area (Å²) in [7, 11) is 0. The van der Waals surface area contributed by atoms with Crippen LogP contribution in [0.5, 0.6) is 0 Å². The van der Waals surface area contributed by atoms with E-state index in [1.807, 2.05) is 6.92 Å². The summed E-state index contributed by atoms with van der Waals surface area (Å²) in [5.74, 6) is -1.31. The zero-order valence-electron chi connectivity index (χ0n) is 10.3. The SMILES string of the molecule is CCOCCCNC(=O)c1ccn(CC(=O)O)n1. The molecule has 0 aliphatic carbocycles. The fourth-order valence-corrected chi connectivity index (χ4v) is 1.32. The molecule has 0 fully saturated rings. The van der Waals surface area contributed by atoms with Crippen LogP contribution in [0.4, 0.5) is 0 Å². The van der Waals surface area contributed by atoms with Crippen LogP contribution in [0.3, 0.4) is 0 Å². The number of carboxylic acids is 1. The Morgan fingerprint density at radius 1 is 1.56 bits per heavy atom. The van der Waals surface area contributed by atoms with Crippen molar-refractivity contribution in [2.45, 2.75) is 19.9 Å². The van der Waals surface area contributed by atoms with E-state index >= 15 is 0 Å². The highest BCUT2D eigenvalue weighted by Gasteiger charge is 2.09. The Kier molecular flexibility index (Phi) is 5.86. The number of aliphatic carboxylic acids is 1. The van der Waals surface area contributed by atoms with Gasteiger partial charge >= 0.3 is 5.97 Å². The molecule has 7 nitrogen and oxygen atoms in total. The van der Waals surface area contributed by atoms with E-state index in [-0.39, 0.29) is 18.1 Å². The Balaban J connectivity index is 2.33. The highest BCUT2D eigenvalue weighted by atomic mass is 16.5. The van der Waals surface area contributed by atoms with E-state index in [2.05, 4.69) is 10.4 Å². The lowest BCUT2D eigenvalue weighted by atomic mass is 10.4. The topological polar surface area (TPSA) is 93.5 Å². The summed E-state index contributed by atoms with van der Waals surface area (Å²) in [4.78, 5) is 22.0. The zero-order valence-corrected chi connectivity index (χ0v) is 10.3. The second-order valence-corrected chi connectivity index (χ2v) is 3.60. The smallest absolute Gasteiger partial charge is 0.325 e. The van der Waals surface area contributed by atoms with E-state index in [1.54, 1.807) is 0 Å². The lowest BCUT2D eigenvalue weighted by Gasteiger charge is -2.03. The number of carbonyl (C=O) groups is 2. The standard InChI is InChI=1S/C11H17N3O4/c1-2-18-7-3-5-12-11(17)9-4-6-14(13-9)8-10(15)16/h4,6H,2-3,5,7-8H2,1H3,(H,12,17)(H,15,16). The van der Waals surface area contributed by atoms with Crippen LogP contribution in [0.15, 0.2) is 12.3 Å². The van der Waals surface area contributed by atoms with Gasteiger partial charge in [0, 0.05) is 26.0 Å². The minimum Gasteiger partial charge on any atom is -0.480 e. The van der Waals surface area contributed by atoms with Gasteiger partial charge in [0.05, 0.1) is 0 Å². The Hall–Kier alpha value is -1.89. The number of carbonyl (C=O) groups excluding carboxylic acids is 1. The molecule has 1 rings (SSSR count). The quantitative estimate of drug-likeness (QED) is 0.644. The second kappa shape index (κ2) is 7.44. The number of amides is 1. The molecule has 1 aromatic heterocycles. The van der Waals surface area contributed by atoms with Crippen LogP contribution in [0, 0.1) is 0 Å². The first kappa shape index (κ1) is 14.2. The number of carboxylic acid groups (broad SMARTS) is 1. The lowest BCUT2D eigenvalue weighted by molar-refractivity contribution is -0.137. The molecule has 0 saturated heterocycles. The molecule has 0 aliphatic rings. The molecule has 0 unspecified atom stereocenters. The number of ether oxygens (including phenoxy) is 1.